The molecule has 0 atom stereocenters. The van der Waals surface area contributed by atoms with E-state index in [0.29, 0.717) is 18.2 Å². The van der Waals surface area contributed by atoms with Gasteiger partial charge in [-0.3, -0.25) is 14.9 Å². The van der Waals surface area contributed by atoms with Gasteiger partial charge in [0.05, 0.1) is 4.92 Å². The van der Waals surface area contributed by atoms with E-state index in [2.05, 4.69) is 10.6 Å². The Morgan fingerprint density at radius 1 is 1.38 bits per heavy atom. The first-order valence-electron chi connectivity index (χ1n) is 7.09. The molecule has 1 aromatic rings. The average molecular weight is 289 g/mol. The van der Waals surface area contributed by atoms with Gasteiger partial charge in [-0.1, -0.05) is 12.1 Å². The molecule has 1 fully saturated rings. The van der Waals surface area contributed by atoms with E-state index in [9.17, 15) is 14.9 Å². The first-order valence-corrected chi connectivity index (χ1v) is 7.09. The van der Waals surface area contributed by atoms with Crippen LogP contribution in [-0.4, -0.2) is 30.0 Å². The summed E-state index contributed by atoms with van der Waals surface area (Å²) in [4.78, 5) is 21.8. The second-order valence-corrected chi connectivity index (χ2v) is 5.06. The van der Waals surface area contributed by atoms with Gasteiger partial charge in [0.25, 0.3) is 5.69 Å². The van der Waals surface area contributed by atoms with Gasteiger partial charge in [-0.25, -0.2) is 0 Å². The van der Waals surface area contributed by atoms with Gasteiger partial charge in [0, 0.05) is 30.8 Å². The molecule has 1 aliphatic rings. The Bertz CT molecular complexity index is 539. The molecule has 6 heteroatoms. The highest BCUT2D eigenvalue weighted by Crippen LogP contribution is 2.18. The van der Waals surface area contributed by atoms with Gasteiger partial charge >= 0.3 is 0 Å². The van der Waals surface area contributed by atoms with E-state index in [1.54, 1.807) is 18.2 Å². The fraction of sp³-hybridized carbons (Fsp3) is 0.400. The van der Waals surface area contributed by atoms with Crippen LogP contribution in [0.15, 0.2) is 30.3 Å². The van der Waals surface area contributed by atoms with Crippen molar-refractivity contribution in [2.24, 2.45) is 0 Å². The quantitative estimate of drug-likeness (QED) is 0.331. The second kappa shape index (κ2) is 7.54. The van der Waals surface area contributed by atoms with Crippen molar-refractivity contribution < 1.29 is 9.72 Å². The summed E-state index contributed by atoms with van der Waals surface area (Å²) in [5, 5.41) is 16.8. The zero-order chi connectivity index (χ0) is 15.1. The molecule has 1 aliphatic carbocycles. The minimum absolute atomic E-state index is 0.0173. The number of carbonyl (C=O) groups excluding carboxylic acids is 1. The van der Waals surface area contributed by atoms with Crippen molar-refractivity contribution >= 4 is 17.7 Å². The molecule has 0 saturated heterocycles. The highest BCUT2D eigenvalue weighted by molar-refractivity contribution is 5.91. The summed E-state index contributed by atoms with van der Waals surface area (Å²) in [6, 6.07) is 6.86. The van der Waals surface area contributed by atoms with E-state index in [1.807, 2.05) is 0 Å². The molecule has 112 valence electrons. The summed E-state index contributed by atoms with van der Waals surface area (Å²) < 4.78 is 0. The predicted molar refractivity (Wildman–Crippen MR) is 80.8 cm³/mol. The molecule has 0 radical (unpaired) electrons. The lowest BCUT2D eigenvalue weighted by Gasteiger charge is -2.03. The smallest absolute Gasteiger partial charge is 0.270 e. The van der Waals surface area contributed by atoms with Crippen LogP contribution < -0.4 is 10.6 Å². The number of nitrogens with zero attached hydrogens (tertiary/aromatic N) is 1. The van der Waals surface area contributed by atoms with Crippen LogP contribution in [0.3, 0.4) is 0 Å². The third-order valence-corrected chi connectivity index (χ3v) is 3.17. The van der Waals surface area contributed by atoms with Gasteiger partial charge in [-0.15, -0.1) is 0 Å². The molecule has 1 saturated carbocycles. The van der Waals surface area contributed by atoms with E-state index < -0.39 is 4.92 Å². The van der Waals surface area contributed by atoms with E-state index in [1.165, 1.54) is 31.1 Å². The van der Waals surface area contributed by atoms with Crippen LogP contribution in [-0.2, 0) is 4.79 Å². The van der Waals surface area contributed by atoms with Gasteiger partial charge in [0.2, 0.25) is 5.91 Å². The zero-order valence-corrected chi connectivity index (χ0v) is 11.7. The van der Waals surface area contributed by atoms with Gasteiger partial charge in [0.1, 0.15) is 0 Å². The summed E-state index contributed by atoms with van der Waals surface area (Å²) in [6.45, 7) is 1.54. The van der Waals surface area contributed by atoms with Crippen LogP contribution in [0, 0.1) is 10.1 Å². The predicted octanol–water partition coefficient (Wildman–Crippen LogP) is 1.87. The molecule has 0 bridgehead atoms. The van der Waals surface area contributed by atoms with Crippen LogP contribution in [0.4, 0.5) is 5.69 Å². The Morgan fingerprint density at radius 3 is 2.90 bits per heavy atom. The van der Waals surface area contributed by atoms with E-state index >= 15 is 0 Å². The molecule has 0 aromatic heterocycles. The Balaban J connectivity index is 1.70. The summed E-state index contributed by atoms with van der Waals surface area (Å²) >= 11 is 0. The van der Waals surface area contributed by atoms with Crippen molar-refractivity contribution in [2.45, 2.75) is 25.3 Å². The number of benzene rings is 1. The largest absolute Gasteiger partial charge is 0.353 e. The number of nitro benzene ring substituents is 1. The number of hydrogen-bond donors (Lipinski definition) is 2. The second-order valence-electron chi connectivity index (χ2n) is 5.06. The van der Waals surface area contributed by atoms with Crippen molar-refractivity contribution in [1.82, 2.24) is 10.6 Å². The average Bonchev–Trinajstić information content (AvgIpc) is 3.29. The number of carbonyl (C=O) groups is 1. The highest BCUT2D eigenvalue weighted by atomic mass is 16.6. The maximum atomic E-state index is 11.6. The van der Waals surface area contributed by atoms with E-state index in [-0.39, 0.29) is 11.6 Å². The standard InChI is InChI=1S/C15H19N3O3/c19-15(17-10-2-9-16-13-6-7-13)8-5-12-3-1-4-14(11-12)18(20)21/h1,3-5,8,11,13,16H,2,6-7,9-10H2,(H,17,19)/b8-5+. The monoisotopic (exact) mass is 289 g/mol. The van der Waals surface area contributed by atoms with E-state index in [4.69, 9.17) is 0 Å². The van der Waals surface area contributed by atoms with Crippen molar-refractivity contribution in [3.8, 4) is 0 Å². The van der Waals surface area contributed by atoms with Gasteiger partial charge in [0.15, 0.2) is 0 Å². The van der Waals surface area contributed by atoms with E-state index in [0.717, 1.165) is 13.0 Å². The van der Waals surface area contributed by atoms with Gasteiger partial charge < -0.3 is 10.6 Å². The van der Waals surface area contributed by atoms with Crippen LogP contribution >= 0.6 is 0 Å². The first-order chi connectivity index (χ1) is 10.1. The minimum atomic E-state index is -0.454. The summed E-state index contributed by atoms with van der Waals surface area (Å²) in [5.41, 5.74) is 0.651. The lowest BCUT2D eigenvalue weighted by Crippen LogP contribution is -2.26. The molecule has 6 nitrogen and oxygen atoms in total. The lowest BCUT2D eigenvalue weighted by molar-refractivity contribution is -0.384. The number of hydrogen-bond acceptors (Lipinski definition) is 4. The Kier molecular flexibility index (Phi) is 5.45. The third-order valence-electron chi connectivity index (χ3n) is 3.17. The maximum Gasteiger partial charge on any atom is 0.270 e. The fourth-order valence-electron chi connectivity index (χ4n) is 1.87. The number of rotatable bonds is 8. The molecule has 2 rings (SSSR count). The molecule has 0 heterocycles. The number of nitro groups is 1. The molecule has 0 unspecified atom stereocenters. The van der Waals surface area contributed by atoms with Crippen molar-refractivity contribution in [3.05, 3.63) is 46.0 Å². The molecular formula is C15H19N3O3. The SMILES string of the molecule is O=C(/C=C/c1cccc([N+](=O)[O-])c1)NCCCNC1CC1. The Hall–Kier alpha value is -2.21. The molecule has 1 amide bonds. The normalized spacial score (nSPS) is 14.3. The molecule has 1 aromatic carbocycles. The van der Waals surface area contributed by atoms with Crippen LogP contribution in [0.25, 0.3) is 6.08 Å². The topological polar surface area (TPSA) is 84.3 Å². The molecule has 2 N–H and O–H groups in total. The van der Waals surface area contributed by atoms with Gasteiger partial charge in [-0.2, -0.15) is 0 Å². The van der Waals surface area contributed by atoms with Crippen molar-refractivity contribution in [3.63, 3.8) is 0 Å². The van der Waals surface area contributed by atoms with Crippen LogP contribution in [0.1, 0.15) is 24.8 Å². The van der Waals surface area contributed by atoms with Crippen molar-refractivity contribution in [1.29, 1.82) is 0 Å². The van der Waals surface area contributed by atoms with Crippen LogP contribution in [0.5, 0.6) is 0 Å². The summed E-state index contributed by atoms with van der Waals surface area (Å²) in [5.74, 6) is -0.187. The highest BCUT2D eigenvalue weighted by Gasteiger charge is 2.19. The first kappa shape index (κ1) is 15.2. The van der Waals surface area contributed by atoms with Gasteiger partial charge in [-0.05, 0) is 37.4 Å². The lowest BCUT2D eigenvalue weighted by atomic mass is 10.2. The maximum absolute atomic E-state index is 11.6. The number of non-ortho nitro benzene ring substituents is 1. The summed E-state index contributed by atoms with van der Waals surface area (Å²) in [6.07, 6.45) is 6.39. The Labute approximate surface area is 123 Å². The molecule has 0 spiro atoms. The minimum Gasteiger partial charge on any atom is -0.353 e. The summed E-state index contributed by atoms with van der Waals surface area (Å²) in [7, 11) is 0. The van der Waals surface area contributed by atoms with Crippen molar-refractivity contribution in [2.75, 3.05) is 13.1 Å². The molecule has 0 aliphatic heterocycles. The molecular weight excluding hydrogens is 270 g/mol. The molecule has 21 heavy (non-hydrogen) atoms. The zero-order valence-electron chi connectivity index (χ0n) is 11.7. The third kappa shape index (κ3) is 5.74. The Morgan fingerprint density at radius 2 is 2.19 bits per heavy atom. The number of amides is 1. The fourth-order valence-corrected chi connectivity index (χ4v) is 1.87. The van der Waals surface area contributed by atoms with Crippen LogP contribution in [0.2, 0.25) is 0 Å². The number of nitrogens with one attached hydrogen (secondary N) is 2.